The summed E-state index contributed by atoms with van der Waals surface area (Å²) < 4.78 is 7.54. The van der Waals surface area contributed by atoms with Crippen molar-refractivity contribution in [2.24, 2.45) is 7.05 Å². The summed E-state index contributed by atoms with van der Waals surface area (Å²) in [6.45, 7) is 5.70. The summed E-state index contributed by atoms with van der Waals surface area (Å²) >= 11 is 1.69. The van der Waals surface area contributed by atoms with Crippen LogP contribution in [-0.4, -0.2) is 33.7 Å². The Morgan fingerprint density at radius 1 is 1.33 bits per heavy atom. The third kappa shape index (κ3) is 4.22. The lowest BCUT2D eigenvalue weighted by Crippen LogP contribution is -2.23. The Bertz CT molecular complexity index is 558. The van der Waals surface area contributed by atoms with Crippen LogP contribution in [0.25, 0.3) is 0 Å². The van der Waals surface area contributed by atoms with E-state index in [4.69, 9.17) is 4.74 Å². The fourth-order valence-corrected chi connectivity index (χ4v) is 3.10. The van der Waals surface area contributed by atoms with Gasteiger partial charge in [-0.1, -0.05) is 36.9 Å². The molecule has 1 heterocycles. The van der Waals surface area contributed by atoms with E-state index in [2.05, 4.69) is 34.5 Å². The zero-order valence-electron chi connectivity index (χ0n) is 12.7. The van der Waals surface area contributed by atoms with Gasteiger partial charge < -0.3 is 10.1 Å². The minimum absolute atomic E-state index is 0.222. The first-order valence-electron chi connectivity index (χ1n) is 7.18. The standard InChI is InChI=1S/C15H22N4OS/c1-4-16-13(10-21-15-17-11-18-19(15)3)12-8-6-7-9-14(12)20-5-2/h6-9,11,13,16H,4-5,10H2,1-3H3. The minimum Gasteiger partial charge on any atom is -0.494 e. The molecule has 0 spiro atoms. The highest BCUT2D eigenvalue weighted by Gasteiger charge is 2.16. The third-order valence-corrected chi connectivity index (χ3v) is 4.22. The van der Waals surface area contributed by atoms with Gasteiger partial charge in [0.25, 0.3) is 0 Å². The lowest BCUT2D eigenvalue weighted by Gasteiger charge is -2.20. The number of ether oxygens (including phenoxy) is 1. The van der Waals surface area contributed by atoms with Gasteiger partial charge in [0.2, 0.25) is 0 Å². The van der Waals surface area contributed by atoms with Crippen molar-refractivity contribution in [3.05, 3.63) is 36.2 Å². The smallest absolute Gasteiger partial charge is 0.185 e. The topological polar surface area (TPSA) is 52.0 Å². The summed E-state index contributed by atoms with van der Waals surface area (Å²) in [5.74, 6) is 1.83. The molecule has 1 aromatic carbocycles. The maximum absolute atomic E-state index is 5.74. The van der Waals surface area contributed by atoms with E-state index in [-0.39, 0.29) is 6.04 Å². The van der Waals surface area contributed by atoms with E-state index in [0.29, 0.717) is 6.61 Å². The van der Waals surface area contributed by atoms with Crippen molar-refractivity contribution in [2.45, 2.75) is 25.0 Å². The summed E-state index contributed by atoms with van der Waals surface area (Å²) in [5.41, 5.74) is 1.19. The lowest BCUT2D eigenvalue weighted by atomic mass is 10.1. The van der Waals surface area contributed by atoms with Gasteiger partial charge in [0.1, 0.15) is 12.1 Å². The molecule has 5 nitrogen and oxygen atoms in total. The highest BCUT2D eigenvalue weighted by molar-refractivity contribution is 7.99. The van der Waals surface area contributed by atoms with Gasteiger partial charge in [-0.2, -0.15) is 5.10 Å². The second kappa shape index (κ2) is 8.05. The van der Waals surface area contributed by atoms with Crippen molar-refractivity contribution < 1.29 is 4.74 Å². The van der Waals surface area contributed by atoms with E-state index < -0.39 is 0 Å². The number of para-hydroxylation sites is 1. The van der Waals surface area contributed by atoms with E-state index in [1.54, 1.807) is 22.8 Å². The van der Waals surface area contributed by atoms with Crippen LogP contribution in [-0.2, 0) is 7.05 Å². The molecular weight excluding hydrogens is 284 g/mol. The maximum atomic E-state index is 5.74. The van der Waals surface area contributed by atoms with Gasteiger partial charge in [0.05, 0.1) is 6.61 Å². The summed E-state index contributed by atoms with van der Waals surface area (Å²) in [7, 11) is 1.91. The van der Waals surface area contributed by atoms with E-state index in [1.165, 1.54) is 5.56 Å². The van der Waals surface area contributed by atoms with Crippen molar-refractivity contribution >= 4 is 11.8 Å². The number of nitrogens with one attached hydrogen (secondary N) is 1. The van der Waals surface area contributed by atoms with Gasteiger partial charge in [-0.15, -0.1) is 0 Å². The molecule has 0 aliphatic carbocycles. The minimum atomic E-state index is 0.222. The molecule has 0 bridgehead atoms. The van der Waals surface area contributed by atoms with E-state index in [1.807, 2.05) is 26.1 Å². The average molecular weight is 306 g/mol. The Balaban J connectivity index is 2.13. The number of hydrogen-bond acceptors (Lipinski definition) is 5. The number of nitrogens with zero attached hydrogens (tertiary/aromatic N) is 3. The van der Waals surface area contributed by atoms with Crippen molar-refractivity contribution in [3.63, 3.8) is 0 Å². The summed E-state index contributed by atoms with van der Waals surface area (Å²) in [4.78, 5) is 4.26. The molecule has 1 atom stereocenters. The molecule has 0 aliphatic heterocycles. The maximum Gasteiger partial charge on any atom is 0.185 e. The van der Waals surface area contributed by atoms with Crippen LogP contribution in [0, 0.1) is 0 Å². The van der Waals surface area contributed by atoms with Crippen LogP contribution >= 0.6 is 11.8 Å². The molecule has 0 aliphatic rings. The van der Waals surface area contributed by atoms with Crippen molar-refractivity contribution in [2.75, 3.05) is 18.9 Å². The zero-order chi connectivity index (χ0) is 15.1. The number of benzene rings is 1. The van der Waals surface area contributed by atoms with E-state index in [0.717, 1.165) is 23.2 Å². The van der Waals surface area contributed by atoms with Crippen LogP contribution < -0.4 is 10.1 Å². The number of aryl methyl sites for hydroxylation is 1. The molecule has 0 saturated carbocycles. The summed E-state index contributed by atoms with van der Waals surface area (Å²) in [6.07, 6.45) is 1.58. The summed E-state index contributed by atoms with van der Waals surface area (Å²) in [5, 5.41) is 8.54. The van der Waals surface area contributed by atoms with E-state index in [9.17, 15) is 0 Å². The van der Waals surface area contributed by atoms with Crippen LogP contribution in [0.15, 0.2) is 35.7 Å². The first kappa shape index (κ1) is 15.9. The fraction of sp³-hybridized carbons (Fsp3) is 0.467. The van der Waals surface area contributed by atoms with Crippen LogP contribution in [0.2, 0.25) is 0 Å². The molecule has 0 fully saturated rings. The molecular formula is C15H22N4OS. The van der Waals surface area contributed by atoms with Crippen LogP contribution in [0.4, 0.5) is 0 Å². The van der Waals surface area contributed by atoms with Gasteiger partial charge in [-0.3, -0.25) is 0 Å². The van der Waals surface area contributed by atoms with Gasteiger partial charge in [0.15, 0.2) is 5.16 Å². The molecule has 0 radical (unpaired) electrons. The average Bonchev–Trinajstić information content (AvgIpc) is 2.90. The highest BCUT2D eigenvalue weighted by atomic mass is 32.2. The number of rotatable bonds is 8. The highest BCUT2D eigenvalue weighted by Crippen LogP contribution is 2.29. The molecule has 1 unspecified atom stereocenters. The Morgan fingerprint density at radius 2 is 2.14 bits per heavy atom. The molecule has 1 aromatic heterocycles. The molecule has 2 rings (SSSR count). The normalized spacial score (nSPS) is 12.3. The second-order valence-corrected chi connectivity index (χ2v) is 5.55. The molecule has 114 valence electrons. The largest absolute Gasteiger partial charge is 0.494 e. The lowest BCUT2D eigenvalue weighted by molar-refractivity contribution is 0.333. The van der Waals surface area contributed by atoms with Gasteiger partial charge in [0, 0.05) is 24.4 Å². The predicted molar refractivity (Wildman–Crippen MR) is 85.8 cm³/mol. The number of thioether (sulfide) groups is 1. The predicted octanol–water partition coefficient (Wildman–Crippen LogP) is 2.66. The Kier molecular flexibility index (Phi) is 6.07. The van der Waals surface area contributed by atoms with Crippen molar-refractivity contribution in [1.29, 1.82) is 0 Å². The molecule has 21 heavy (non-hydrogen) atoms. The Labute approximate surface area is 130 Å². The molecule has 0 saturated heterocycles. The first-order valence-corrected chi connectivity index (χ1v) is 8.16. The fourth-order valence-electron chi connectivity index (χ4n) is 2.13. The summed E-state index contributed by atoms with van der Waals surface area (Å²) in [6, 6.07) is 8.42. The van der Waals surface area contributed by atoms with Gasteiger partial charge >= 0.3 is 0 Å². The monoisotopic (exact) mass is 306 g/mol. The van der Waals surface area contributed by atoms with Gasteiger partial charge in [-0.05, 0) is 19.5 Å². The van der Waals surface area contributed by atoms with E-state index >= 15 is 0 Å². The third-order valence-electron chi connectivity index (χ3n) is 3.09. The van der Waals surface area contributed by atoms with Crippen LogP contribution in [0.1, 0.15) is 25.5 Å². The van der Waals surface area contributed by atoms with Crippen LogP contribution in [0.3, 0.4) is 0 Å². The zero-order valence-corrected chi connectivity index (χ0v) is 13.6. The van der Waals surface area contributed by atoms with Crippen molar-refractivity contribution in [3.8, 4) is 5.75 Å². The number of hydrogen-bond donors (Lipinski definition) is 1. The Morgan fingerprint density at radius 3 is 2.81 bits per heavy atom. The van der Waals surface area contributed by atoms with Crippen LogP contribution in [0.5, 0.6) is 5.75 Å². The van der Waals surface area contributed by atoms with Gasteiger partial charge in [-0.25, -0.2) is 9.67 Å². The molecule has 2 aromatic rings. The molecule has 6 heteroatoms. The first-order chi connectivity index (χ1) is 10.3. The molecule has 1 N–H and O–H groups in total. The molecule has 0 amide bonds. The Hall–Kier alpha value is -1.53. The second-order valence-electron chi connectivity index (χ2n) is 4.56. The number of aromatic nitrogens is 3. The SMILES string of the molecule is CCNC(CSc1ncnn1C)c1ccccc1OCC. The van der Waals surface area contributed by atoms with Crippen molar-refractivity contribution in [1.82, 2.24) is 20.1 Å². The quantitative estimate of drug-likeness (QED) is 0.760.